The zero-order valence-electron chi connectivity index (χ0n) is 17.8. The van der Waals surface area contributed by atoms with E-state index in [0.29, 0.717) is 35.0 Å². The van der Waals surface area contributed by atoms with Crippen LogP contribution in [0.4, 0.5) is 0 Å². The van der Waals surface area contributed by atoms with Gasteiger partial charge in [0.2, 0.25) is 6.54 Å². The van der Waals surface area contributed by atoms with E-state index in [-0.39, 0.29) is 4.90 Å². The number of carbonyl (C=O) groups is 1. The molecule has 2 atom stereocenters. The minimum absolute atomic E-state index is 0.139. The molecule has 8 heteroatoms. The molecule has 0 saturated heterocycles. The summed E-state index contributed by atoms with van der Waals surface area (Å²) in [6.45, 7) is 5.00. The molecule has 0 N–H and O–H groups in total. The lowest BCUT2D eigenvalue weighted by Crippen LogP contribution is -2.24. The van der Waals surface area contributed by atoms with Crippen molar-refractivity contribution in [3.63, 3.8) is 0 Å². The zero-order valence-corrected chi connectivity index (χ0v) is 18.6. The van der Waals surface area contributed by atoms with Crippen molar-refractivity contribution in [3.8, 4) is 0 Å². The molecule has 2 aromatic carbocycles. The number of nitro groups is 1. The number of aryl methyl sites for hydroxylation is 1. The highest BCUT2D eigenvalue weighted by molar-refractivity contribution is 7.90. The molecular formula is C23H26N2O5S. The average molecular weight is 443 g/mol. The van der Waals surface area contributed by atoms with Crippen LogP contribution in [0.25, 0.3) is 10.9 Å². The van der Waals surface area contributed by atoms with E-state index in [1.807, 2.05) is 13.8 Å². The molecule has 31 heavy (non-hydrogen) atoms. The Labute approximate surface area is 181 Å². The first-order chi connectivity index (χ1) is 14.7. The summed E-state index contributed by atoms with van der Waals surface area (Å²) in [5, 5.41) is 12.1. The first-order valence-corrected chi connectivity index (χ1v) is 11.7. The lowest BCUT2D eigenvalue weighted by Gasteiger charge is -2.20. The summed E-state index contributed by atoms with van der Waals surface area (Å²) in [4.78, 5) is 23.0. The van der Waals surface area contributed by atoms with Crippen LogP contribution in [0.3, 0.4) is 0 Å². The Bertz CT molecular complexity index is 1210. The van der Waals surface area contributed by atoms with Crippen LogP contribution < -0.4 is 0 Å². The first-order valence-electron chi connectivity index (χ1n) is 10.2. The standard InChI is InChI=1S/C23H26N2O5S/c1-4-7-18(15-26)21(14-24(27)28)23-17(3)25(22-9-6-5-8-20(22)23)31(29,30)19-12-10-16(2)11-13-19/h5-6,8-13,15,18,21H,4,7,14H2,1-3H3/t18-,21-/m1/s1. The molecule has 0 unspecified atom stereocenters. The van der Waals surface area contributed by atoms with E-state index in [1.165, 1.54) is 3.97 Å². The van der Waals surface area contributed by atoms with Gasteiger partial charge in [0.15, 0.2) is 0 Å². The van der Waals surface area contributed by atoms with Gasteiger partial charge in [-0.1, -0.05) is 49.2 Å². The SMILES string of the molecule is CCC[C@H](C=O)[C@@H](C[N+](=O)[O-])c1c(C)n(S(=O)(=O)c2ccc(C)cc2)c2ccccc12. The Morgan fingerprint density at radius 1 is 1.10 bits per heavy atom. The van der Waals surface area contributed by atoms with Crippen LogP contribution in [0.2, 0.25) is 0 Å². The number of hydrogen-bond donors (Lipinski definition) is 0. The highest BCUT2D eigenvalue weighted by atomic mass is 32.2. The van der Waals surface area contributed by atoms with Crippen LogP contribution in [0.15, 0.2) is 53.4 Å². The second kappa shape index (κ2) is 9.01. The summed E-state index contributed by atoms with van der Waals surface area (Å²) < 4.78 is 28.4. The van der Waals surface area contributed by atoms with Gasteiger partial charge in [0.05, 0.1) is 16.3 Å². The van der Waals surface area contributed by atoms with Gasteiger partial charge in [-0.2, -0.15) is 0 Å². The number of nitrogens with zero attached hydrogens (tertiary/aromatic N) is 2. The van der Waals surface area contributed by atoms with Crippen LogP contribution in [-0.2, 0) is 14.8 Å². The highest BCUT2D eigenvalue weighted by Gasteiger charge is 2.34. The highest BCUT2D eigenvalue weighted by Crippen LogP contribution is 2.38. The van der Waals surface area contributed by atoms with Crippen molar-refractivity contribution in [1.82, 2.24) is 3.97 Å². The molecule has 0 aliphatic rings. The second-order valence-corrected chi connectivity index (χ2v) is 9.60. The van der Waals surface area contributed by atoms with E-state index in [1.54, 1.807) is 55.5 Å². The molecule has 7 nitrogen and oxygen atoms in total. The predicted molar refractivity (Wildman–Crippen MR) is 120 cm³/mol. The maximum Gasteiger partial charge on any atom is 0.268 e. The summed E-state index contributed by atoms with van der Waals surface area (Å²) in [5.41, 5.74) is 2.34. The second-order valence-electron chi connectivity index (χ2n) is 7.81. The van der Waals surface area contributed by atoms with Crippen LogP contribution >= 0.6 is 0 Å². The number of aldehydes is 1. The van der Waals surface area contributed by atoms with Gasteiger partial charge in [0.25, 0.3) is 10.0 Å². The summed E-state index contributed by atoms with van der Waals surface area (Å²) in [6, 6.07) is 13.5. The van der Waals surface area contributed by atoms with Crippen molar-refractivity contribution in [2.45, 2.75) is 44.4 Å². The van der Waals surface area contributed by atoms with E-state index >= 15 is 0 Å². The largest absolute Gasteiger partial charge is 0.303 e. The van der Waals surface area contributed by atoms with E-state index in [9.17, 15) is 23.3 Å². The van der Waals surface area contributed by atoms with Crippen molar-refractivity contribution in [3.05, 3.63) is 75.5 Å². The van der Waals surface area contributed by atoms with Gasteiger partial charge >= 0.3 is 0 Å². The van der Waals surface area contributed by atoms with Gasteiger partial charge in [-0.05, 0) is 44.0 Å². The van der Waals surface area contributed by atoms with Gasteiger partial charge in [0, 0.05) is 21.9 Å². The molecule has 0 bridgehead atoms. The number of para-hydroxylation sites is 1. The van der Waals surface area contributed by atoms with E-state index < -0.39 is 33.3 Å². The summed E-state index contributed by atoms with van der Waals surface area (Å²) in [7, 11) is -3.94. The molecule has 0 fully saturated rings. The Balaban J connectivity index is 2.32. The van der Waals surface area contributed by atoms with E-state index in [4.69, 9.17) is 0 Å². The Morgan fingerprint density at radius 3 is 2.32 bits per heavy atom. The smallest absolute Gasteiger partial charge is 0.268 e. The van der Waals surface area contributed by atoms with Crippen molar-refractivity contribution < 1.29 is 18.1 Å². The Kier molecular flexibility index (Phi) is 6.59. The molecule has 3 rings (SSSR count). The molecule has 0 aliphatic carbocycles. The van der Waals surface area contributed by atoms with Crippen molar-refractivity contribution in [2.75, 3.05) is 6.54 Å². The third-order valence-electron chi connectivity index (χ3n) is 5.70. The van der Waals surface area contributed by atoms with Crippen molar-refractivity contribution in [2.24, 2.45) is 5.92 Å². The van der Waals surface area contributed by atoms with Gasteiger partial charge in [-0.3, -0.25) is 10.1 Å². The molecule has 0 saturated carbocycles. The van der Waals surface area contributed by atoms with Gasteiger partial charge in [-0.15, -0.1) is 0 Å². The Hall–Kier alpha value is -3.00. The first kappa shape index (κ1) is 22.7. The zero-order chi connectivity index (χ0) is 22.8. The van der Waals surface area contributed by atoms with Crippen molar-refractivity contribution >= 4 is 27.2 Å². The van der Waals surface area contributed by atoms with E-state index in [2.05, 4.69) is 0 Å². The monoisotopic (exact) mass is 442 g/mol. The molecule has 0 aliphatic heterocycles. The molecule has 0 radical (unpaired) electrons. The maximum atomic E-state index is 13.6. The fraction of sp³-hybridized carbons (Fsp3) is 0.348. The predicted octanol–water partition coefficient (Wildman–Crippen LogP) is 4.47. The third kappa shape index (κ3) is 4.25. The fourth-order valence-corrected chi connectivity index (χ4v) is 5.82. The molecule has 3 aromatic rings. The Morgan fingerprint density at radius 2 is 1.74 bits per heavy atom. The number of fused-ring (bicyclic) bond motifs is 1. The minimum Gasteiger partial charge on any atom is -0.303 e. The number of rotatable bonds is 9. The lowest BCUT2D eigenvalue weighted by atomic mass is 9.83. The quantitative estimate of drug-likeness (QED) is 0.277. The van der Waals surface area contributed by atoms with Crippen molar-refractivity contribution in [1.29, 1.82) is 0 Å². The number of carbonyl (C=O) groups excluding carboxylic acids is 1. The van der Waals surface area contributed by atoms with Crippen LogP contribution in [0.5, 0.6) is 0 Å². The van der Waals surface area contributed by atoms with Gasteiger partial charge in [0.1, 0.15) is 6.29 Å². The number of hydrogen-bond acceptors (Lipinski definition) is 5. The number of benzene rings is 2. The summed E-state index contributed by atoms with van der Waals surface area (Å²) in [5.74, 6) is -1.29. The molecule has 1 aromatic heterocycles. The third-order valence-corrected chi connectivity index (χ3v) is 7.52. The van der Waals surface area contributed by atoms with Gasteiger partial charge < -0.3 is 4.79 Å². The minimum atomic E-state index is -3.94. The molecule has 0 amide bonds. The normalized spacial score (nSPS) is 13.8. The molecule has 1 heterocycles. The summed E-state index contributed by atoms with van der Waals surface area (Å²) >= 11 is 0. The van der Waals surface area contributed by atoms with Gasteiger partial charge in [-0.25, -0.2) is 12.4 Å². The molecule has 164 valence electrons. The van der Waals surface area contributed by atoms with Crippen LogP contribution in [-0.4, -0.2) is 30.1 Å². The van der Waals surface area contributed by atoms with Crippen LogP contribution in [0.1, 0.15) is 42.5 Å². The summed E-state index contributed by atoms with van der Waals surface area (Å²) in [6.07, 6.45) is 1.94. The molecule has 0 spiro atoms. The maximum absolute atomic E-state index is 13.6. The van der Waals surface area contributed by atoms with E-state index in [0.717, 1.165) is 11.8 Å². The van der Waals surface area contributed by atoms with Crippen LogP contribution in [0, 0.1) is 29.9 Å². The average Bonchev–Trinajstić information content (AvgIpc) is 3.03. The molecular weight excluding hydrogens is 416 g/mol. The lowest BCUT2D eigenvalue weighted by molar-refractivity contribution is -0.484. The topological polar surface area (TPSA) is 99.3 Å². The fourth-order valence-electron chi connectivity index (χ4n) is 4.26. The number of aromatic nitrogens is 1.